The van der Waals surface area contributed by atoms with Gasteiger partial charge in [-0.05, 0) is 6.92 Å². The van der Waals surface area contributed by atoms with Crippen LogP contribution in [0.5, 0.6) is 0 Å². The van der Waals surface area contributed by atoms with Crippen molar-refractivity contribution in [2.75, 3.05) is 0 Å². The molecule has 0 N–H and O–H groups in total. The molecular weight excluding hydrogens is 162 g/mol. The molecule has 0 spiro atoms. The molecule has 56 valence electrons. The van der Waals surface area contributed by atoms with Gasteiger partial charge in [0.1, 0.15) is 5.15 Å². The standard InChI is InChI=1S/C7H6ClN3/c1-5-4-9-6-2-3-10-11(6)7(5)8/h2-4H,1H3. The van der Waals surface area contributed by atoms with E-state index in [-0.39, 0.29) is 0 Å². The van der Waals surface area contributed by atoms with E-state index in [4.69, 9.17) is 11.6 Å². The van der Waals surface area contributed by atoms with Gasteiger partial charge in [0.05, 0.1) is 6.20 Å². The summed E-state index contributed by atoms with van der Waals surface area (Å²) < 4.78 is 1.61. The van der Waals surface area contributed by atoms with E-state index in [1.807, 2.05) is 13.0 Å². The lowest BCUT2D eigenvalue weighted by Crippen LogP contribution is -1.93. The summed E-state index contributed by atoms with van der Waals surface area (Å²) in [6.07, 6.45) is 3.41. The molecule has 2 aromatic heterocycles. The highest BCUT2D eigenvalue weighted by molar-refractivity contribution is 6.30. The molecule has 0 bridgehead atoms. The van der Waals surface area contributed by atoms with Crippen LogP contribution in [0.4, 0.5) is 0 Å². The zero-order chi connectivity index (χ0) is 7.84. The molecule has 0 aliphatic heterocycles. The van der Waals surface area contributed by atoms with Crippen LogP contribution >= 0.6 is 11.6 Å². The zero-order valence-corrected chi connectivity index (χ0v) is 6.71. The van der Waals surface area contributed by atoms with Gasteiger partial charge in [-0.2, -0.15) is 5.10 Å². The Kier molecular flexibility index (Phi) is 1.32. The summed E-state index contributed by atoms with van der Waals surface area (Å²) in [4.78, 5) is 4.12. The van der Waals surface area contributed by atoms with Gasteiger partial charge in [-0.1, -0.05) is 11.6 Å². The number of fused-ring (bicyclic) bond motifs is 1. The minimum absolute atomic E-state index is 0.625. The molecule has 0 aromatic carbocycles. The van der Waals surface area contributed by atoms with Gasteiger partial charge in [-0.25, -0.2) is 9.50 Å². The number of aromatic nitrogens is 3. The average molecular weight is 168 g/mol. The average Bonchev–Trinajstić information content (AvgIpc) is 2.45. The van der Waals surface area contributed by atoms with E-state index < -0.39 is 0 Å². The maximum Gasteiger partial charge on any atom is 0.156 e. The van der Waals surface area contributed by atoms with Crippen LogP contribution in [-0.2, 0) is 0 Å². The third-order valence-corrected chi connectivity index (χ3v) is 1.98. The van der Waals surface area contributed by atoms with Gasteiger partial charge in [0.15, 0.2) is 5.65 Å². The quantitative estimate of drug-likeness (QED) is 0.559. The monoisotopic (exact) mass is 167 g/mol. The molecule has 2 aromatic rings. The molecule has 3 nitrogen and oxygen atoms in total. The minimum atomic E-state index is 0.625. The van der Waals surface area contributed by atoms with E-state index in [0.29, 0.717) is 5.15 Å². The molecule has 0 aliphatic rings. The van der Waals surface area contributed by atoms with Crippen molar-refractivity contribution in [2.45, 2.75) is 6.92 Å². The molecule has 0 amide bonds. The summed E-state index contributed by atoms with van der Waals surface area (Å²) in [7, 11) is 0. The van der Waals surface area contributed by atoms with Crippen molar-refractivity contribution in [1.29, 1.82) is 0 Å². The number of rotatable bonds is 0. The molecule has 0 saturated carbocycles. The Bertz CT molecular complexity index is 393. The van der Waals surface area contributed by atoms with Gasteiger partial charge in [-0.3, -0.25) is 0 Å². The first kappa shape index (κ1) is 6.61. The van der Waals surface area contributed by atoms with Crippen molar-refractivity contribution in [3.8, 4) is 0 Å². The second kappa shape index (κ2) is 2.20. The Morgan fingerprint density at radius 2 is 2.36 bits per heavy atom. The number of hydrogen-bond acceptors (Lipinski definition) is 2. The molecule has 0 unspecified atom stereocenters. The molecule has 0 atom stereocenters. The van der Waals surface area contributed by atoms with E-state index >= 15 is 0 Å². The highest BCUT2D eigenvalue weighted by atomic mass is 35.5. The Hall–Kier alpha value is -1.09. The molecule has 0 radical (unpaired) electrons. The molecular formula is C7H6ClN3. The van der Waals surface area contributed by atoms with Gasteiger partial charge in [0.2, 0.25) is 0 Å². The Balaban J connectivity index is 2.93. The Morgan fingerprint density at radius 3 is 3.18 bits per heavy atom. The van der Waals surface area contributed by atoms with Gasteiger partial charge < -0.3 is 0 Å². The molecule has 2 rings (SSSR count). The van der Waals surface area contributed by atoms with Crippen LogP contribution < -0.4 is 0 Å². The number of aryl methyl sites for hydroxylation is 1. The summed E-state index contributed by atoms with van der Waals surface area (Å²) in [6, 6.07) is 1.81. The molecule has 4 heteroatoms. The molecule has 2 heterocycles. The summed E-state index contributed by atoms with van der Waals surface area (Å²) in [6.45, 7) is 1.90. The fraction of sp³-hybridized carbons (Fsp3) is 0.143. The van der Waals surface area contributed by atoms with Crippen LogP contribution in [0.15, 0.2) is 18.5 Å². The minimum Gasteiger partial charge on any atom is -0.237 e. The lowest BCUT2D eigenvalue weighted by atomic mass is 10.4. The lowest BCUT2D eigenvalue weighted by Gasteiger charge is -1.98. The largest absolute Gasteiger partial charge is 0.237 e. The van der Waals surface area contributed by atoms with Crippen LogP contribution in [0.1, 0.15) is 5.56 Å². The Morgan fingerprint density at radius 1 is 1.55 bits per heavy atom. The van der Waals surface area contributed by atoms with E-state index in [1.54, 1.807) is 16.9 Å². The van der Waals surface area contributed by atoms with E-state index in [2.05, 4.69) is 10.1 Å². The van der Waals surface area contributed by atoms with Crippen molar-refractivity contribution >= 4 is 17.2 Å². The molecule has 0 fully saturated rings. The third-order valence-electron chi connectivity index (χ3n) is 1.52. The first-order valence-corrected chi connectivity index (χ1v) is 3.61. The topological polar surface area (TPSA) is 30.2 Å². The number of halogens is 1. The van der Waals surface area contributed by atoms with E-state index in [9.17, 15) is 0 Å². The fourth-order valence-corrected chi connectivity index (χ4v) is 1.11. The lowest BCUT2D eigenvalue weighted by molar-refractivity contribution is 0.929. The Labute approximate surface area is 68.6 Å². The van der Waals surface area contributed by atoms with Crippen LogP contribution in [0.3, 0.4) is 0 Å². The van der Waals surface area contributed by atoms with Crippen LogP contribution in [0.25, 0.3) is 5.65 Å². The maximum atomic E-state index is 5.93. The van der Waals surface area contributed by atoms with Gasteiger partial charge in [0, 0.05) is 17.8 Å². The van der Waals surface area contributed by atoms with Gasteiger partial charge in [-0.15, -0.1) is 0 Å². The van der Waals surface area contributed by atoms with Gasteiger partial charge in [0.25, 0.3) is 0 Å². The van der Waals surface area contributed by atoms with E-state index in [1.165, 1.54) is 0 Å². The second-order valence-electron chi connectivity index (χ2n) is 2.33. The summed E-state index contributed by atoms with van der Waals surface area (Å²) in [5, 5.41) is 4.63. The molecule has 11 heavy (non-hydrogen) atoms. The maximum absolute atomic E-state index is 5.93. The predicted molar refractivity (Wildman–Crippen MR) is 42.7 cm³/mol. The first-order chi connectivity index (χ1) is 5.29. The number of nitrogens with zero attached hydrogens (tertiary/aromatic N) is 3. The SMILES string of the molecule is Cc1cnc2ccnn2c1Cl. The highest BCUT2D eigenvalue weighted by Gasteiger charge is 2.01. The summed E-state index contributed by atoms with van der Waals surface area (Å²) in [5.41, 5.74) is 1.71. The highest BCUT2D eigenvalue weighted by Crippen LogP contribution is 2.13. The predicted octanol–water partition coefficient (Wildman–Crippen LogP) is 1.69. The normalized spacial score (nSPS) is 10.7. The van der Waals surface area contributed by atoms with Crippen molar-refractivity contribution in [1.82, 2.24) is 14.6 Å². The van der Waals surface area contributed by atoms with Gasteiger partial charge >= 0.3 is 0 Å². The molecule has 0 saturated heterocycles. The van der Waals surface area contributed by atoms with Crippen LogP contribution in [0, 0.1) is 6.92 Å². The summed E-state index contributed by atoms with van der Waals surface area (Å²) >= 11 is 5.93. The van der Waals surface area contributed by atoms with E-state index in [0.717, 1.165) is 11.2 Å². The van der Waals surface area contributed by atoms with Crippen LogP contribution in [-0.4, -0.2) is 14.6 Å². The van der Waals surface area contributed by atoms with Crippen molar-refractivity contribution in [2.24, 2.45) is 0 Å². The van der Waals surface area contributed by atoms with Crippen LogP contribution in [0.2, 0.25) is 5.15 Å². The third kappa shape index (κ3) is 0.886. The second-order valence-corrected chi connectivity index (χ2v) is 2.69. The molecule has 0 aliphatic carbocycles. The van der Waals surface area contributed by atoms with Crippen molar-refractivity contribution < 1.29 is 0 Å². The number of hydrogen-bond donors (Lipinski definition) is 0. The van der Waals surface area contributed by atoms with Crippen molar-refractivity contribution in [3.63, 3.8) is 0 Å². The zero-order valence-electron chi connectivity index (χ0n) is 5.95. The van der Waals surface area contributed by atoms with Crippen molar-refractivity contribution in [3.05, 3.63) is 29.2 Å². The smallest absolute Gasteiger partial charge is 0.156 e. The first-order valence-electron chi connectivity index (χ1n) is 3.24. The summed E-state index contributed by atoms with van der Waals surface area (Å²) in [5.74, 6) is 0. The fourth-order valence-electron chi connectivity index (χ4n) is 0.929.